The highest BCUT2D eigenvalue weighted by Crippen LogP contribution is 2.41. The number of rotatable bonds is 27. The van der Waals surface area contributed by atoms with Gasteiger partial charge in [-0.15, -0.1) is 10.2 Å². The Kier molecular flexibility index (Phi) is 34.9. The van der Waals surface area contributed by atoms with Gasteiger partial charge >= 0.3 is 0 Å². The molecular weight excluding hydrogens is 1350 g/mol. The van der Waals surface area contributed by atoms with E-state index in [1.165, 1.54) is 38.5 Å². The molecule has 0 saturated heterocycles. The molecule has 8 aromatic rings. The average Bonchev–Trinajstić information content (AvgIpc) is 3.72. The number of nitrogens with two attached hydrogens (primary N) is 2. The van der Waals surface area contributed by atoms with Crippen molar-refractivity contribution in [2.24, 2.45) is 30.7 Å². The van der Waals surface area contributed by atoms with Crippen molar-refractivity contribution in [1.82, 2.24) is 4.98 Å². The Bertz CT molecular complexity index is 3260. The number of halogens is 4. The first-order valence-corrected chi connectivity index (χ1v) is 28.7. The van der Waals surface area contributed by atoms with Crippen molar-refractivity contribution >= 4 is 73.9 Å². The number of pyridine rings is 4. The number of alkyl halides is 1. The molecule has 22 heteroatoms. The second kappa shape index (κ2) is 41.4. The number of anilines is 4. The molecule has 0 radical (unpaired) electrons. The molecule has 0 fully saturated rings. The van der Waals surface area contributed by atoms with Crippen LogP contribution in [-0.4, -0.2) is 65.3 Å². The number of hydrazone groups is 2. The predicted octanol–water partition coefficient (Wildman–Crippen LogP) is 4.52. The minimum atomic E-state index is 0. The molecule has 0 aliphatic rings. The number of ether oxygens (including phenoxy) is 4. The maximum Gasteiger partial charge on any atom is 0.171 e. The monoisotopic (exact) mass is 1420 g/mol. The number of para-hydroxylation sites is 2. The summed E-state index contributed by atoms with van der Waals surface area (Å²) in [6.07, 6.45) is 29.4. The zero-order chi connectivity index (χ0) is 58.9. The van der Waals surface area contributed by atoms with Crippen LogP contribution in [0.3, 0.4) is 0 Å². The summed E-state index contributed by atoms with van der Waals surface area (Å²) in [6.45, 7) is 3.07. The summed E-state index contributed by atoms with van der Waals surface area (Å²) in [6, 6.07) is 43.0. The van der Waals surface area contributed by atoms with E-state index in [0.717, 1.165) is 66.0 Å². The number of hydrogen-bond acceptors (Lipinski definition) is 15. The van der Waals surface area contributed by atoms with Gasteiger partial charge in [0.1, 0.15) is 59.7 Å². The van der Waals surface area contributed by atoms with Crippen LogP contribution in [0.15, 0.2) is 214 Å². The zero-order valence-electron chi connectivity index (χ0n) is 49.6. The van der Waals surface area contributed by atoms with Gasteiger partial charge in [0, 0.05) is 111 Å². The van der Waals surface area contributed by atoms with Crippen molar-refractivity contribution < 1.29 is 83.6 Å². The molecule has 0 amide bonds. The highest BCUT2D eigenvalue weighted by Gasteiger charge is 2.13. The fourth-order valence-corrected chi connectivity index (χ4v) is 8.48. The van der Waals surface area contributed by atoms with Gasteiger partial charge in [-0.3, -0.25) is 15.0 Å². The molecule has 4 N–H and O–H groups in total. The van der Waals surface area contributed by atoms with Crippen molar-refractivity contribution in [3.05, 3.63) is 194 Å². The number of benzene rings is 4. The molecule has 0 unspecified atom stereocenters. The Hall–Kier alpha value is -7.66. The molecule has 0 bridgehead atoms. The fourth-order valence-electron chi connectivity index (χ4n) is 8.09. The molecule has 4 heterocycles. The van der Waals surface area contributed by atoms with Crippen molar-refractivity contribution in [3.8, 4) is 23.0 Å². The number of nitrogen functional groups attached to an aromatic ring is 2. The van der Waals surface area contributed by atoms with Crippen LogP contribution in [0.1, 0.15) is 62.5 Å². The first-order valence-electron chi connectivity index (χ1n) is 27.6. The van der Waals surface area contributed by atoms with Crippen LogP contribution < -0.4 is 105 Å². The van der Waals surface area contributed by atoms with E-state index < -0.39 is 0 Å². The maximum atomic E-state index is 6.13. The van der Waals surface area contributed by atoms with E-state index in [1.807, 2.05) is 122 Å². The Morgan fingerprint density at radius 2 is 0.895 bits per heavy atom. The molecule has 0 aliphatic carbocycles. The van der Waals surface area contributed by atoms with Gasteiger partial charge in [-0.1, -0.05) is 58.7 Å². The molecule has 456 valence electrons. The summed E-state index contributed by atoms with van der Waals surface area (Å²) in [5, 5.41) is 30.7. The van der Waals surface area contributed by atoms with Gasteiger partial charge < -0.3 is 81.4 Å². The lowest BCUT2D eigenvalue weighted by Crippen LogP contribution is -3.00. The van der Waals surface area contributed by atoms with E-state index in [2.05, 4.69) is 114 Å². The first-order chi connectivity index (χ1) is 40.6. The highest BCUT2D eigenvalue weighted by atomic mass is 79.9. The molecule has 4 aromatic heterocycles. The third kappa shape index (κ3) is 25.1. The maximum absolute atomic E-state index is 6.13. The Morgan fingerprint density at radius 3 is 1.35 bits per heavy atom. The van der Waals surface area contributed by atoms with Crippen LogP contribution in [0.2, 0.25) is 0 Å². The van der Waals surface area contributed by atoms with Gasteiger partial charge in [0.2, 0.25) is 0 Å². The molecule has 0 aliphatic heterocycles. The van der Waals surface area contributed by atoms with Gasteiger partial charge in [-0.2, -0.15) is 20.4 Å². The number of aryl methyl sites for hydroxylation is 3. The van der Waals surface area contributed by atoms with E-state index in [4.69, 9.17) is 30.4 Å². The molecule has 86 heavy (non-hydrogen) atoms. The lowest BCUT2D eigenvalue weighted by atomic mass is 10.2. The Morgan fingerprint density at radius 1 is 0.465 bits per heavy atom. The number of aromatic nitrogens is 4. The van der Waals surface area contributed by atoms with E-state index in [9.17, 15) is 0 Å². The molecule has 18 nitrogen and oxygen atoms in total. The van der Waals surface area contributed by atoms with Gasteiger partial charge in [-0.05, 0) is 74.2 Å². The summed E-state index contributed by atoms with van der Waals surface area (Å²) in [7, 11) is 10.2. The summed E-state index contributed by atoms with van der Waals surface area (Å²) in [5.41, 5.74) is 19.6. The van der Waals surface area contributed by atoms with Crippen LogP contribution in [0.25, 0.3) is 0 Å². The van der Waals surface area contributed by atoms with Gasteiger partial charge in [-0.25, -0.2) is 13.7 Å². The van der Waals surface area contributed by atoms with E-state index in [-0.39, 0.29) is 50.9 Å². The van der Waals surface area contributed by atoms with Crippen LogP contribution in [-0.2, 0) is 19.6 Å². The van der Waals surface area contributed by atoms with Crippen molar-refractivity contribution in [3.63, 3.8) is 0 Å². The van der Waals surface area contributed by atoms with E-state index in [0.29, 0.717) is 51.4 Å². The summed E-state index contributed by atoms with van der Waals surface area (Å²) < 4.78 is 27.6. The molecule has 0 saturated carbocycles. The van der Waals surface area contributed by atoms with Gasteiger partial charge in [0.25, 0.3) is 0 Å². The number of azo groups is 2. The molecule has 8 rings (SSSR count). The quantitative estimate of drug-likeness (QED) is 0.0142. The highest BCUT2D eigenvalue weighted by molar-refractivity contribution is 9.09. The molecule has 0 spiro atoms. The van der Waals surface area contributed by atoms with Gasteiger partial charge in [0.15, 0.2) is 42.9 Å². The van der Waals surface area contributed by atoms with E-state index >= 15 is 0 Å². The minimum Gasteiger partial charge on any atom is -1.00 e. The number of hydrogen-bond donors (Lipinski definition) is 2. The van der Waals surface area contributed by atoms with Gasteiger partial charge in [0.05, 0.1) is 63.6 Å². The van der Waals surface area contributed by atoms with Crippen LogP contribution >= 0.6 is 15.9 Å². The zero-order valence-corrected chi connectivity index (χ0v) is 56.0. The third-order valence-electron chi connectivity index (χ3n) is 12.9. The number of unbranched alkanes of at least 4 members (excludes halogenated alkanes) is 6. The summed E-state index contributed by atoms with van der Waals surface area (Å²) in [4.78, 5) is 3.91. The van der Waals surface area contributed by atoms with Crippen LogP contribution in [0.5, 0.6) is 23.0 Å². The first kappa shape index (κ1) is 72.6. The normalized spacial score (nSPS) is 10.7. The number of nitrogens with zero attached hydrogens (tertiary/aromatic N) is 12. The third-order valence-corrected chi connectivity index (χ3v) is 13.5. The second-order valence-corrected chi connectivity index (χ2v) is 19.7. The van der Waals surface area contributed by atoms with Crippen molar-refractivity contribution in [2.45, 2.75) is 71.0 Å². The molecular formula is C64H78Br4N14O4. The lowest BCUT2D eigenvalue weighted by molar-refractivity contribution is -0.698. The summed E-state index contributed by atoms with van der Waals surface area (Å²) in [5.74, 6) is 2.19. The standard InChI is InChI=1S/C32H38N7O2.C19H25BrN3.C13H14N4O2.3BrH/c1-37(28-11-7-6-8-12-28)34-25-26-13-19-38(20-14-26)17-9-4-5-10-18-39-21-15-27(16-22-39)35-36-30-23-29(40-2)24-31(41-3)32(30)33;1-22(19-9-5-4-6-10-19)21-17-18-11-15-23(16-12-18)14-8-3-2-7-13-20;1-18-10-3-4-11(19-2)13(12(10)14)17-16-9-5-7-15-8-6-9;;;/h6-8,11-16,19-25,33H,4-5,9-10,17-18H2,1-3H3;4-6,9-12,15-17H,2-3,7-8,13-14H2,1H3;3-8H,14H2,1-2H3;3*1H/q2*+1;;;;/p-2. The van der Waals surface area contributed by atoms with Crippen LogP contribution in [0, 0.1) is 0 Å². The topological polar surface area (TPSA) is 194 Å². The number of methoxy groups -OCH3 is 4. The smallest absolute Gasteiger partial charge is 0.171 e. The molecule has 0 atom stereocenters. The van der Waals surface area contributed by atoms with Crippen LogP contribution in [0.4, 0.5) is 45.5 Å². The minimum absolute atomic E-state index is 0. The molecule has 4 aromatic carbocycles. The Labute approximate surface area is 546 Å². The SMILES string of the molecule is CN(/N=C/c1cc[n+](CCCCCCBr)cc1)c1ccccc1.COc1cc(N=Nc2cc[n+](CCCCCC[n+]3ccc(/C=N\N(C)c4ccccc4)cc3)cc2)c(N)c(OC)c1.COc1ccc(OC)c(N=Nc2ccncc2)c1N.[Br-].[Br-].[Br-]. The van der Waals surface area contributed by atoms with E-state index in [1.54, 1.807) is 77.2 Å². The van der Waals surface area contributed by atoms with Crippen molar-refractivity contribution in [2.75, 3.05) is 69.3 Å². The second-order valence-electron chi connectivity index (χ2n) is 18.9. The fraction of sp³-hybridized carbons (Fsp3) is 0.281. The van der Waals surface area contributed by atoms with Crippen molar-refractivity contribution in [1.29, 1.82) is 0 Å². The lowest BCUT2D eigenvalue weighted by Gasteiger charge is -2.11. The Balaban J connectivity index is 0.000000365. The largest absolute Gasteiger partial charge is 1.00 e. The average molecular weight is 1430 g/mol. The summed E-state index contributed by atoms with van der Waals surface area (Å²) >= 11 is 3.47. The predicted molar refractivity (Wildman–Crippen MR) is 336 cm³/mol.